The Morgan fingerprint density at radius 2 is 1.94 bits per heavy atom. The van der Waals surface area contributed by atoms with Gasteiger partial charge in [-0.05, 0) is 51.8 Å². The van der Waals surface area contributed by atoms with Crippen LogP contribution in [0.1, 0.15) is 59.1 Å². The van der Waals surface area contributed by atoms with Crippen molar-refractivity contribution in [2.45, 2.75) is 71.2 Å². The number of nitrogens with zero attached hydrogens (tertiary/aromatic N) is 2. The summed E-state index contributed by atoms with van der Waals surface area (Å²) in [4.78, 5) is 40.0. The Kier molecular flexibility index (Phi) is 11.0. The minimum absolute atomic E-state index is 0.0827. The maximum Gasteiger partial charge on any atom is 0.408 e. The van der Waals surface area contributed by atoms with Gasteiger partial charge in [0.2, 0.25) is 11.8 Å². The van der Waals surface area contributed by atoms with Gasteiger partial charge in [0.15, 0.2) is 0 Å². The van der Waals surface area contributed by atoms with Gasteiger partial charge in [0, 0.05) is 11.8 Å². The van der Waals surface area contributed by atoms with Crippen LogP contribution in [0.5, 0.6) is 5.75 Å². The number of benzene rings is 1. The van der Waals surface area contributed by atoms with Gasteiger partial charge in [0.05, 0.1) is 6.07 Å². The summed E-state index contributed by atoms with van der Waals surface area (Å²) in [5.41, 5.74) is -0.449. The summed E-state index contributed by atoms with van der Waals surface area (Å²) in [6.07, 6.45) is 0.756. The molecule has 0 fully saturated rings. The number of amides is 3. The van der Waals surface area contributed by atoms with Gasteiger partial charge >= 0.3 is 6.09 Å². The standard InChI is InChI=1S/C23H34N4O5S/c1-6-8-15(2)25-20(29)19(16-9-7-10-17(28)13-16)27(12-11-24)21(30)18(14-33)26-22(31)32-23(3,4)5/h7,9-10,13,15,18-19,28,33H,6,8,12,14H2,1-5H3,(H,25,29)(H,26,31). The number of phenols is 1. The average molecular weight is 479 g/mol. The van der Waals surface area contributed by atoms with Gasteiger partial charge < -0.3 is 25.4 Å². The van der Waals surface area contributed by atoms with Gasteiger partial charge in [-0.3, -0.25) is 9.59 Å². The number of phenolic OH excluding ortho intramolecular Hbond substituents is 1. The number of aromatic hydroxyl groups is 1. The van der Waals surface area contributed by atoms with Gasteiger partial charge in [0.1, 0.15) is 30.0 Å². The summed E-state index contributed by atoms with van der Waals surface area (Å²) in [7, 11) is 0. The SMILES string of the molecule is CCCC(C)NC(=O)C(c1cccc(O)c1)N(CC#N)C(=O)C(CS)NC(=O)OC(C)(C)C. The molecule has 33 heavy (non-hydrogen) atoms. The van der Waals surface area contributed by atoms with E-state index in [1.807, 2.05) is 19.9 Å². The van der Waals surface area contributed by atoms with E-state index in [0.717, 1.165) is 17.7 Å². The quantitative estimate of drug-likeness (QED) is 0.302. The second kappa shape index (κ2) is 12.9. The fourth-order valence-electron chi connectivity index (χ4n) is 3.20. The third-order valence-electron chi connectivity index (χ3n) is 4.55. The monoisotopic (exact) mass is 478 g/mol. The van der Waals surface area contributed by atoms with E-state index in [4.69, 9.17) is 4.74 Å². The zero-order chi connectivity index (χ0) is 25.2. The van der Waals surface area contributed by atoms with E-state index in [1.54, 1.807) is 32.9 Å². The Balaban J connectivity index is 3.33. The molecule has 9 nitrogen and oxygen atoms in total. The molecule has 1 rings (SSSR count). The Morgan fingerprint density at radius 1 is 1.27 bits per heavy atom. The summed E-state index contributed by atoms with van der Waals surface area (Å²) in [5.74, 6) is -1.35. The highest BCUT2D eigenvalue weighted by molar-refractivity contribution is 7.80. The second-order valence-electron chi connectivity index (χ2n) is 8.70. The maximum absolute atomic E-state index is 13.4. The lowest BCUT2D eigenvalue weighted by Gasteiger charge is -2.33. The first kappa shape index (κ1) is 28.1. The molecule has 1 aromatic carbocycles. The van der Waals surface area contributed by atoms with E-state index >= 15 is 0 Å². The topological polar surface area (TPSA) is 132 Å². The molecule has 0 aliphatic heterocycles. The van der Waals surface area contributed by atoms with Crippen LogP contribution in [0.3, 0.4) is 0 Å². The van der Waals surface area contributed by atoms with Crippen molar-refractivity contribution in [3.63, 3.8) is 0 Å². The highest BCUT2D eigenvalue weighted by atomic mass is 32.1. The van der Waals surface area contributed by atoms with Crippen LogP contribution >= 0.6 is 12.6 Å². The zero-order valence-electron chi connectivity index (χ0n) is 19.8. The van der Waals surface area contributed by atoms with E-state index < -0.39 is 42.1 Å². The molecule has 0 saturated heterocycles. The number of nitrogens with one attached hydrogen (secondary N) is 2. The summed E-state index contributed by atoms with van der Waals surface area (Å²) in [6, 6.07) is 5.34. The van der Waals surface area contributed by atoms with Crippen molar-refractivity contribution < 1.29 is 24.2 Å². The number of carbonyl (C=O) groups is 3. The second-order valence-corrected chi connectivity index (χ2v) is 9.07. The molecule has 0 radical (unpaired) electrons. The molecule has 0 aromatic heterocycles. The van der Waals surface area contributed by atoms with Crippen molar-refractivity contribution in [3.05, 3.63) is 29.8 Å². The molecule has 10 heteroatoms. The van der Waals surface area contributed by atoms with Crippen LogP contribution in [0.2, 0.25) is 0 Å². The normalized spacial score (nSPS) is 13.7. The molecule has 0 spiro atoms. The van der Waals surface area contributed by atoms with E-state index in [0.29, 0.717) is 5.56 Å². The van der Waals surface area contributed by atoms with Crippen LogP contribution in [0.4, 0.5) is 4.79 Å². The molecule has 0 aliphatic carbocycles. The fourth-order valence-corrected chi connectivity index (χ4v) is 3.45. The average Bonchev–Trinajstić information content (AvgIpc) is 2.70. The Morgan fingerprint density at radius 3 is 2.45 bits per heavy atom. The number of rotatable bonds is 10. The minimum Gasteiger partial charge on any atom is -0.508 e. The highest BCUT2D eigenvalue weighted by Gasteiger charge is 2.36. The lowest BCUT2D eigenvalue weighted by atomic mass is 10.0. The number of alkyl carbamates (subject to hydrolysis) is 1. The molecule has 1 aromatic rings. The Hall–Kier alpha value is -2.93. The van der Waals surface area contributed by atoms with E-state index in [9.17, 15) is 24.8 Å². The van der Waals surface area contributed by atoms with Gasteiger partial charge in [-0.1, -0.05) is 25.5 Å². The summed E-state index contributed by atoms with van der Waals surface area (Å²) in [5, 5.41) is 24.7. The first-order chi connectivity index (χ1) is 15.4. The smallest absolute Gasteiger partial charge is 0.408 e. The first-order valence-electron chi connectivity index (χ1n) is 10.8. The molecule has 0 saturated carbocycles. The van der Waals surface area contributed by atoms with E-state index in [-0.39, 0.29) is 17.5 Å². The van der Waals surface area contributed by atoms with Crippen LogP contribution < -0.4 is 10.6 Å². The number of nitriles is 1. The molecule has 182 valence electrons. The summed E-state index contributed by atoms with van der Waals surface area (Å²) >= 11 is 4.17. The number of hydrogen-bond acceptors (Lipinski definition) is 7. The molecule has 0 bridgehead atoms. The van der Waals surface area contributed by atoms with Gasteiger partial charge in [0.25, 0.3) is 0 Å². The third kappa shape index (κ3) is 9.22. The van der Waals surface area contributed by atoms with Crippen molar-refractivity contribution in [2.24, 2.45) is 0 Å². The predicted molar refractivity (Wildman–Crippen MR) is 128 cm³/mol. The van der Waals surface area contributed by atoms with E-state index in [1.165, 1.54) is 12.1 Å². The highest BCUT2D eigenvalue weighted by Crippen LogP contribution is 2.25. The lowest BCUT2D eigenvalue weighted by Crippen LogP contribution is -2.54. The molecule has 0 heterocycles. The Bertz CT molecular complexity index is 865. The third-order valence-corrected chi connectivity index (χ3v) is 4.92. The molecule has 3 amide bonds. The summed E-state index contributed by atoms with van der Waals surface area (Å²) in [6.45, 7) is 8.47. The van der Waals surface area contributed by atoms with Crippen LogP contribution in [0, 0.1) is 11.3 Å². The van der Waals surface area contributed by atoms with Crippen LogP contribution in [-0.4, -0.2) is 57.9 Å². The molecular weight excluding hydrogens is 444 g/mol. The van der Waals surface area contributed by atoms with Crippen molar-refractivity contribution in [2.75, 3.05) is 12.3 Å². The number of carbonyl (C=O) groups excluding carboxylic acids is 3. The first-order valence-corrected chi connectivity index (χ1v) is 11.4. The molecule has 0 aliphatic rings. The van der Waals surface area contributed by atoms with Gasteiger partial charge in [-0.2, -0.15) is 17.9 Å². The van der Waals surface area contributed by atoms with Crippen LogP contribution in [-0.2, 0) is 14.3 Å². The lowest BCUT2D eigenvalue weighted by molar-refractivity contribution is -0.141. The van der Waals surface area contributed by atoms with Crippen LogP contribution in [0.25, 0.3) is 0 Å². The number of ether oxygens (including phenoxy) is 1. The minimum atomic E-state index is -1.20. The van der Waals surface area contributed by atoms with Crippen molar-refractivity contribution in [3.8, 4) is 11.8 Å². The fraction of sp³-hybridized carbons (Fsp3) is 0.565. The maximum atomic E-state index is 13.4. The Labute approximate surface area is 200 Å². The molecule has 3 atom stereocenters. The molecule has 3 unspecified atom stereocenters. The van der Waals surface area contributed by atoms with Gasteiger partial charge in [-0.25, -0.2) is 4.79 Å². The molecule has 3 N–H and O–H groups in total. The van der Waals surface area contributed by atoms with E-state index in [2.05, 4.69) is 23.3 Å². The largest absolute Gasteiger partial charge is 0.508 e. The summed E-state index contributed by atoms with van der Waals surface area (Å²) < 4.78 is 5.22. The van der Waals surface area contributed by atoms with Crippen LogP contribution in [0.15, 0.2) is 24.3 Å². The number of thiol groups is 1. The zero-order valence-corrected chi connectivity index (χ0v) is 20.7. The van der Waals surface area contributed by atoms with Gasteiger partial charge in [-0.15, -0.1) is 0 Å². The molecular formula is C23H34N4O5S. The number of hydrogen-bond donors (Lipinski definition) is 4. The van der Waals surface area contributed by atoms with Crippen molar-refractivity contribution in [1.29, 1.82) is 5.26 Å². The predicted octanol–water partition coefficient (Wildman–Crippen LogP) is 2.91. The van der Waals surface area contributed by atoms with Crippen molar-refractivity contribution >= 4 is 30.5 Å². The van der Waals surface area contributed by atoms with Crippen molar-refractivity contribution in [1.82, 2.24) is 15.5 Å².